The monoisotopic (exact) mass is 431 g/mol. The summed E-state index contributed by atoms with van der Waals surface area (Å²) in [6.07, 6.45) is 4.48. The van der Waals surface area contributed by atoms with Crippen molar-refractivity contribution in [2.75, 3.05) is 18.0 Å². The highest BCUT2D eigenvalue weighted by molar-refractivity contribution is 6.11. The molecule has 4 amide bonds. The number of ketones is 1. The zero-order chi connectivity index (χ0) is 22.5. The van der Waals surface area contributed by atoms with E-state index in [0.717, 1.165) is 41.8 Å². The van der Waals surface area contributed by atoms with E-state index in [1.807, 2.05) is 18.2 Å². The summed E-state index contributed by atoms with van der Waals surface area (Å²) >= 11 is 0. The molecule has 32 heavy (non-hydrogen) atoms. The van der Waals surface area contributed by atoms with Gasteiger partial charge in [0.15, 0.2) is 5.78 Å². The number of imide groups is 1. The number of nitrogens with zero attached hydrogens (tertiary/aromatic N) is 2. The van der Waals surface area contributed by atoms with Crippen LogP contribution in [0.25, 0.3) is 0 Å². The number of Topliss-reactive ketones (excluding diaryl/α,β-unsaturated/α-hetero) is 1. The van der Waals surface area contributed by atoms with Crippen LogP contribution in [-0.2, 0) is 28.0 Å². The molecule has 2 aromatic rings. The molecule has 164 valence electrons. The number of hydrogen-bond donors (Lipinski definition) is 1. The Kier molecular flexibility index (Phi) is 4.84. The lowest BCUT2D eigenvalue weighted by atomic mass is 9.89. The second-order valence-electron chi connectivity index (χ2n) is 8.90. The first-order chi connectivity index (χ1) is 15.4. The number of nitrogens with one attached hydrogen (secondary N) is 1. The standard InChI is InChI=1S/C25H25N3O4/c1-25(19-10-7-16-4-2-5-18(16)14-19)23(31)28(24(32)26-25)15-21(29)17-8-11-20(12-9-17)27-13-3-6-22(27)30/h7-12,14H,2-6,13,15H2,1H3,(H,26,32)/t25-/m1/s1. The fourth-order valence-corrected chi connectivity index (χ4v) is 4.90. The van der Waals surface area contributed by atoms with Crippen LogP contribution >= 0.6 is 0 Å². The quantitative estimate of drug-likeness (QED) is 0.583. The molecule has 1 atom stereocenters. The summed E-state index contributed by atoms with van der Waals surface area (Å²) in [6.45, 7) is 2.04. The highest BCUT2D eigenvalue weighted by Gasteiger charge is 2.49. The molecule has 1 aliphatic carbocycles. The van der Waals surface area contributed by atoms with Crippen LogP contribution in [0.2, 0.25) is 0 Å². The van der Waals surface area contributed by atoms with Gasteiger partial charge in [0.1, 0.15) is 5.54 Å². The summed E-state index contributed by atoms with van der Waals surface area (Å²) in [5.41, 5.74) is 3.22. The van der Waals surface area contributed by atoms with Gasteiger partial charge in [-0.3, -0.25) is 19.3 Å². The number of carbonyl (C=O) groups excluding carboxylic acids is 4. The molecule has 2 heterocycles. The predicted molar refractivity (Wildman–Crippen MR) is 118 cm³/mol. The Labute approximate surface area is 186 Å². The van der Waals surface area contributed by atoms with Crippen molar-refractivity contribution in [1.82, 2.24) is 10.2 Å². The van der Waals surface area contributed by atoms with E-state index in [1.54, 1.807) is 36.1 Å². The molecule has 7 heteroatoms. The number of urea groups is 1. The third kappa shape index (κ3) is 3.28. The molecular weight excluding hydrogens is 406 g/mol. The minimum atomic E-state index is -1.19. The number of fused-ring (bicyclic) bond motifs is 1. The molecule has 0 radical (unpaired) electrons. The Morgan fingerprint density at radius 3 is 2.44 bits per heavy atom. The number of aryl methyl sites for hydroxylation is 2. The summed E-state index contributed by atoms with van der Waals surface area (Å²) in [5, 5.41) is 2.79. The Hall–Kier alpha value is -3.48. The van der Waals surface area contributed by atoms with E-state index < -0.39 is 17.5 Å². The third-order valence-corrected chi connectivity index (χ3v) is 6.83. The van der Waals surface area contributed by atoms with Gasteiger partial charge in [-0.1, -0.05) is 18.2 Å². The normalized spacial score (nSPS) is 22.5. The van der Waals surface area contributed by atoms with Crippen LogP contribution in [0.3, 0.4) is 0 Å². The second-order valence-corrected chi connectivity index (χ2v) is 8.90. The number of amides is 4. The average Bonchev–Trinajstić information content (AvgIpc) is 3.49. The van der Waals surface area contributed by atoms with Crippen LogP contribution in [0.5, 0.6) is 0 Å². The summed E-state index contributed by atoms with van der Waals surface area (Å²) in [4.78, 5) is 53.3. The van der Waals surface area contributed by atoms with Crippen LogP contribution < -0.4 is 10.2 Å². The van der Waals surface area contributed by atoms with Gasteiger partial charge < -0.3 is 10.2 Å². The lowest BCUT2D eigenvalue weighted by Gasteiger charge is -2.23. The average molecular weight is 431 g/mol. The van der Waals surface area contributed by atoms with Crippen LogP contribution in [0.15, 0.2) is 42.5 Å². The first-order valence-electron chi connectivity index (χ1n) is 11.1. The molecule has 0 aromatic heterocycles. The summed E-state index contributed by atoms with van der Waals surface area (Å²) < 4.78 is 0. The van der Waals surface area contributed by atoms with E-state index in [9.17, 15) is 19.2 Å². The Balaban J connectivity index is 1.32. The van der Waals surface area contributed by atoms with E-state index in [4.69, 9.17) is 0 Å². The Bertz CT molecular complexity index is 1140. The Morgan fingerprint density at radius 2 is 1.72 bits per heavy atom. The number of benzene rings is 2. The van der Waals surface area contributed by atoms with E-state index in [1.165, 1.54) is 11.1 Å². The zero-order valence-corrected chi connectivity index (χ0v) is 18.0. The second kappa shape index (κ2) is 7.58. The first-order valence-corrected chi connectivity index (χ1v) is 11.1. The zero-order valence-electron chi connectivity index (χ0n) is 18.0. The SMILES string of the molecule is C[C@]1(c2ccc3c(c2)CCC3)NC(=O)N(CC(=O)c2ccc(N3CCCC3=O)cc2)C1=O. The van der Waals surface area contributed by atoms with Crippen molar-refractivity contribution in [3.05, 3.63) is 64.7 Å². The first kappa shape index (κ1) is 20.4. The maximum Gasteiger partial charge on any atom is 0.325 e. The fraction of sp³-hybridized carbons (Fsp3) is 0.360. The van der Waals surface area contributed by atoms with Gasteiger partial charge in [-0.2, -0.15) is 0 Å². The highest BCUT2D eigenvalue weighted by Crippen LogP contribution is 2.32. The molecular formula is C25H25N3O4. The minimum Gasteiger partial charge on any atom is -0.319 e. The van der Waals surface area contributed by atoms with Gasteiger partial charge in [0, 0.05) is 24.2 Å². The molecule has 0 spiro atoms. The van der Waals surface area contributed by atoms with Gasteiger partial charge in [-0.25, -0.2) is 4.79 Å². The highest BCUT2D eigenvalue weighted by atomic mass is 16.2. The minimum absolute atomic E-state index is 0.0780. The van der Waals surface area contributed by atoms with Gasteiger partial charge >= 0.3 is 6.03 Å². The molecule has 1 N–H and O–H groups in total. The molecule has 7 nitrogen and oxygen atoms in total. The molecule has 0 unspecified atom stereocenters. The van der Waals surface area contributed by atoms with Crippen molar-refractivity contribution in [2.45, 2.75) is 44.6 Å². The van der Waals surface area contributed by atoms with Crippen LogP contribution in [0.4, 0.5) is 10.5 Å². The summed E-state index contributed by atoms with van der Waals surface area (Å²) in [7, 11) is 0. The van der Waals surface area contributed by atoms with Gasteiger partial charge in [0.2, 0.25) is 5.91 Å². The molecule has 2 saturated heterocycles. The van der Waals surface area contributed by atoms with Crippen molar-refractivity contribution in [1.29, 1.82) is 0 Å². The van der Waals surface area contributed by atoms with Crippen LogP contribution in [0.1, 0.15) is 53.2 Å². The molecule has 3 aliphatic rings. The van der Waals surface area contributed by atoms with Gasteiger partial charge in [-0.15, -0.1) is 0 Å². The van der Waals surface area contributed by atoms with Crippen molar-refractivity contribution < 1.29 is 19.2 Å². The smallest absolute Gasteiger partial charge is 0.319 e. The van der Waals surface area contributed by atoms with E-state index in [-0.39, 0.29) is 18.2 Å². The molecule has 2 aliphatic heterocycles. The fourth-order valence-electron chi connectivity index (χ4n) is 4.90. The van der Waals surface area contributed by atoms with Crippen LogP contribution in [0, 0.1) is 0 Å². The number of hydrogen-bond acceptors (Lipinski definition) is 4. The summed E-state index contributed by atoms with van der Waals surface area (Å²) in [6, 6.07) is 12.1. The van der Waals surface area contributed by atoms with E-state index in [2.05, 4.69) is 5.32 Å². The van der Waals surface area contributed by atoms with Gasteiger partial charge in [0.25, 0.3) is 5.91 Å². The molecule has 0 bridgehead atoms. The molecule has 5 rings (SSSR count). The number of anilines is 1. The van der Waals surface area contributed by atoms with Crippen molar-refractivity contribution >= 4 is 29.3 Å². The van der Waals surface area contributed by atoms with Crippen LogP contribution in [-0.4, -0.2) is 41.6 Å². The third-order valence-electron chi connectivity index (χ3n) is 6.83. The molecule has 0 saturated carbocycles. The lowest BCUT2D eigenvalue weighted by Crippen LogP contribution is -2.41. The van der Waals surface area contributed by atoms with Gasteiger partial charge in [0.05, 0.1) is 6.54 Å². The topological polar surface area (TPSA) is 86.8 Å². The number of carbonyl (C=O) groups is 4. The molecule has 2 fully saturated rings. The van der Waals surface area contributed by atoms with Crippen molar-refractivity contribution in [3.8, 4) is 0 Å². The van der Waals surface area contributed by atoms with Gasteiger partial charge in [-0.05, 0) is 73.6 Å². The largest absolute Gasteiger partial charge is 0.325 e. The van der Waals surface area contributed by atoms with E-state index >= 15 is 0 Å². The maximum absolute atomic E-state index is 13.2. The van der Waals surface area contributed by atoms with Crippen molar-refractivity contribution in [2.24, 2.45) is 0 Å². The predicted octanol–water partition coefficient (Wildman–Crippen LogP) is 2.95. The molecule has 2 aromatic carbocycles. The van der Waals surface area contributed by atoms with E-state index in [0.29, 0.717) is 18.5 Å². The number of rotatable bonds is 5. The Morgan fingerprint density at radius 1 is 0.969 bits per heavy atom. The van der Waals surface area contributed by atoms with Crippen molar-refractivity contribution in [3.63, 3.8) is 0 Å². The maximum atomic E-state index is 13.2. The summed E-state index contributed by atoms with van der Waals surface area (Å²) in [5.74, 6) is -0.673. The lowest BCUT2D eigenvalue weighted by molar-refractivity contribution is -0.130.